The van der Waals surface area contributed by atoms with Gasteiger partial charge < -0.3 is 15.2 Å². The number of benzene rings is 1. The lowest BCUT2D eigenvalue weighted by atomic mass is 9.83. The molecule has 0 amide bonds. The molecule has 1 aromatic rings. The fourth-order valence-electron chi connectivity index (χ4n) is 3.91. The first-order valence-corrected chi connectivity index (χ1v) is 8.15. The molecule has 3 rings (SSSR count). The fourth-order valence-corrected chi connectivity index (χ4v) is 3.91. The molecular formula is C18H27NO2. The Kier molecular flexibility index (Phi) is 4.34. The standard InChI is InChI=1S/C18H27NO2/c1-13-3-4-15-10-14(2)17(16(15)9-13)19-11-18(5-7-20)6-8-21-12-18/h3-4,9,14,17,19-20H,5-8,10-12H2,1-2H3/t14-,17+,18+/m0/s1. The largest absolute Gasteiger partial charge is 0.396 e. The second-order valence-corrected chi connectivity index (χ2v) is 7.02. The van der Waals surface area contributed by atoms with Gasteiger partial charge in [-0.25, -0.2) is 0 Å². The summed E-state index contributed by atoms with van der Waals surface area (Å²) in [5.41, 5.74) is 4.43. The molecule has 1 heterocycles. The van der Waals surface area contributed by atoms with Gasteiger partial charge in [0.1, 0.15) is 0 Å². The van der Waals surface area contributed by atoms with Crippen molar-refractivity contribution < 1.29 is 9.84 Å². The Labute approximate surface area is 127 Å². The van der Waals surface area contributed by atoms with Gasteiger partial charge in [-0.1, -0.05) is 30.7 Å². The topological polar surface area (TPSA) is 41.5 Å². The van der Waals surface area contributed by atoms with Crippen LogP contribution in [0.1, 0.15) is 42.5 Å². The van der Waals surface area contributed by atoms with Crippen LogP contribution in [0, 0.1) is 18.3 Å². The highest BCUT2D eigenvalue weighted by Gasteiger charge is 2.37. The highest BCUT2D eigenvalue weighted by atomic mass is 16.5. The van der Waals surface area contributed by atoms with Crippen LogP contribution in [0.5, 0.6) is 0 Å². The third kappa shape index (κ3) is 3.01. The zero-order valence-corrected chi connectivity index (χ0v) is 13.2. The van der Waals surface area contributed by atoms with Crippen molar-refractivity contribution in [1.82, 2.24) is 5.32 Å². The number of hydrogen-bond acceptors (Lipinski definition) is 3. The van der Waals surface area contributed by atoms with Crippen molar-refractivity contribution in [2.75, 3.05) is 26.4 Å². The zero-order chi connectivity index (χ0) is 14.9. The third-order valence-electron chi connectivity index (χ3n) is 5.27. The Balaban J connectivity index is 1.72. The predicted octanol–water partition coefficient (Wildman–Crippen LogP) is 2.61. The molecule has 3 nitrogen and oxygen atoms in total. The van der Waals surface area contributed by atoms with Gasteiger partial charge in [-0.3, -0.25) is 0 Å². The zero-order valence-electron chi connectivity index (χ0n) is 13.2. The summed E-state index contributed by atoms with van der Waals surface area (Å²) in [6.07, 6.45) is 3.06. The molecular weight excluding hydrogens is 262 g/mol. The molecule has 1 aliphatic heterocycles. The maximum atomic E-state index is 9.35. The SMILES string of the molecule is Cc1ccc2c(c1)[C@H](NC[C@@]1(CCO)CCOC1)[C@@H](C)C2. The van der Waals surface area contributed by atoms with Crippen LogP contribution in [0.2, 0.25) is 0 Å². The summed E-state index contributed by atoms with van der Waals surface area (Å²) >= 11 is 0. The molecule has 0 bridgehead atoms. The van der Waals surface area contributed by atoms with Gasteiger partial charge >= 0.3 is 0 Å². The molecule has 0 saturated carbocycles. The molecule has 3 heteroatoms. The molecule has 0 unspecified atom stereocenters. The van der Waals surface area contributed by atoms with Gasteiger partial charge in [0.2, 0.25) is 0 Å². The van der Waals surface area contributed by atoms with E-state index in [2.05, 4.69) is 37.4 Å². The molecule has 2 N–H and O–H groups in total. The number of rotatable bonds is 5. The summed E-state index contributed by atoms with van der Waals surface area (Å²) in [7, 11) is 0. The van der Waals surface area contributed by atoms with Crippen molar-refractivity contribution in [3.8, 4) is 0 Å². The lowest BCUT2D eigenvalue weighted by molar-refractivity contribution is 0.120. The van der Waals surface area contributed by atoms with Crippen LogP contribution in [-0.4, -0.2) is 31.5 Å². The van der Waals surface area contributed by atoms with Gasteiger partial charge in [0, 0.05) is 31.2 Å². The van der Waals surface area contributed by atoms with Crippen LogP contribution in [-0.2, 0) is 11.2 Å². The summed E-state index contributed by atoms with van der Waals surface area (Å²) in [4.78, 5) is 0. The molecule has 0 aromatic heterocycles. The van der Waals surface area contributed by atoms with E-state index < -0.39 is 0 Å². The van der Waals surface area contributed by atoms with Crippen LogP contribution in [0.15, 0.2) is 18.2 Å². The number of hydrogen-bond donors (Lipinski definition) is 2. The Morgan fingerprint density at radius 3 is 3.00 bits per heavy atom. The maximum absolute atomic E-state index is 9.35. The smallest absolute Gasteiger partial charge is 0.0536 e. The number of ether oxygens (including phenoxy) is 1. The first kappa shape index (κ1) is 15.0. The van der Waals surface area contributed by atoms with E-state index in [0.29, 0.717) is 12.0 Å². The van der Waals surface area contributed by atoms with Crippen LogP contribution in [0.4, 0.5) is 0 Å². The predicted molar refractivity (Wildman–Crippen MR) is 84.4 cm³/mol. The number of aliphatic hydroxyl groups excluding tert-OH is 1. The Morgan fingerprint density at radius 1 is 1.43 bits per heavy atom. The summed E-state index contributed by atoms with van der Waals surface area (Å²) in [5.74, 6) is 0.635. The number of fused-ring (bicyclic) bond motifs is 1. The molecule has 116 valence electrons. The number of nitrogens with one attached hydrogen (secondary N) is 1. The maximum Gasteiger partial charge on any atom is 0.0536 e. The van der Waals surface area contributed by atoms with Crippen molar-refractivity contribution in [3.63, 3.8) is 0 Å². The Bertz CT molecular complexity index is 494. The molecule has 1 aromatic carbocycles. The highest BCUT2D eigenvalue weighted by molar-refractivity contribution is 5.38. The minimum atomic E-state index is 0.126. The van der Waals surface area contributed by atoms with E-state index in [0.717, 1.165) is 39.0 Å². The minimum absolute atomic E-state index is 0.126. The molecule has 0 spiro atoms. The van der Waals surface area contributed by atoms with Gasteiger partial charge in [-0.05, 0) is 43.2 Å². The number of aryl methyl sites for hydroxylation is 1. The van der Waals surface area contributed by atoms with Crippen molar-refractivity contribution in [2.24, 2.45) is 11.3 Å². The minimum Gasteiger partial charge on any atom is -0.396 e. The molecule has 1 saturated heterocycles. The quantitative estimate of drug-likeness (QED) is 0.875. The second-order valence-electron chi connectivity index (χ2n) is 7.02. The molecule has 2 aliphatic rings. The van der Waals surface area contributed by atoms with Crippen LogP contribution in [0.25, 0.3) is 0 Å². The van der Waals surface area contributed by atoms with E-state index in [1.165, 1.54) is 16.7 Å². The van der Waals surface area contributed by atoms with E-state index in [9.17, 15) is 5.11 Å². The van der Waals surface area contributed by atoms with E-state index >= 15 is 0 Å². The highest BCUT2D eigenvalue weighted by Crippen LogP contribution is 2.38. The first-order chi connectivity index (χ1) is 10.1. The van der Waals surface area contributed by atoms with Crippen molar-refractivity contribution in [1.29, 1.82) is 0 Å². The summed E-state index contributed by atoms with van der Waals surface area (Å²) < 4.78 is 5.59. The lowest BCUT2D eigenvalue weighted by Gasteiger charge is -2.30. The van der Waals surface area contributed by atoms with E-state index in [4.69, 9.17) is 4.74 Å². The average molecular weight is 289 g/mol. The van der Waals surface area contributed by atoms with Crippen molar-refractivity contribution in [2.45, 2.75) is 39.2 Å². The molecule has 0 radical (unpaired) electrons. The summed E-state index contributed by atoms with van der Waals surface area (Å²) in [6.45, 7) is 7.30. The van der Waals surface area contributed by atoms with Gasteiger partial charge in [0.15, 0.2) is 0 Å². The third-order valence-corrected chi connectivity index (χ3v) is 5.27. The van der Waals surface area contributed by atoms with E-state index in [-0.39, 0.29) is 12.0 Å². The van der Waals surface area contributed by atoms with Crippen molar-refractivity contribution >= 4 is 0 Å². The van der Waals surface area contributed by atoms with Gasteiger partial charge in [0.25, 0.3) is 0 Å². The lowest BCUT2D eigenvalue weighted by Crippen LogP contribution is -2.38. The van der Waals surface area contributed by atoms with Gasteiger partial charge in [0.05, 0.1) is 6.61 Å². The second kappa shape index (κ2) is 6.07. The van der Waals surface area contributed by atoms with Crippen LogP contribution < -0.4 is 5.32 Å². The molecule has 21 heavy (non-hydrogen) atoms. The monoisotopic (exact) mass is 289 g/mol. The molecule has 1 fully saturated rings. The first-order valence-electron chi connectivity index (χ1n) is 8.15. The van der Waals surface area contributed by atoms with Gasteiger partial charge in [-0.2, -0.15) is 0 Å². The molecule has 3 atom stereocenters. The summed E-state index contributed by atoms with van der Waals surface area (Å²) in [5, 5.41) is 13.1. The van der Waals surface area contributed by atoms with Crippen LogP contribution in [0.3, 0.4) is 0 Å². The van der Waals surface area contributed by atoms with E-state index in [1.54, 1.807) is 0 Å². The summed E-state index contributed by atoms with van der Waals surface area (Å²) in [6, 6.07) is 7.27. The van der Waals surface area contributed by atoms with Gasteiger partial charge in [-0.15, -0.1) is 0 Å². The van der Waals surface area contributed by atoms with E-state index in [1.807, 2.05) is 0 Å². The fraction of sp³-hybridized carbons (Fsp3) is 0.667. The number of aliphatic hydroxyl groups is 1. The molecule has 1 aliphatic carbocycles. The normalized spacial score (nSPS) is 31.6. The average Bonchev–Trinajstić information content (AvgIpc) is 3.02. The van der Waals surface area contributed by atoms with Crippen LogP contribution >= 0.6 is 0 Å². The van der Waals surface area contributed by atoms with Crippen molar-refractivity contribution in [3.05, 3.63) is 34.9 Å². The Hall–Kier alpha value is -0.900. The Morgan fingerprint density at radius 2 is 2.29 bits per heavy atom.